The summed E-state index contributed by atoms with van der Waals surface area (Å²) < 4.78 is 30.0. The number of morpholine rings is 1. The van der Waals surface area contributed by atoms with Crippen molar-refractivity contribution in [2.24, 2.45) is 0 Å². The molecule has 35 heavy (non-hydrogen) atoms. The largest absolute Gasteiger partial charge is 0.771 e. The average Bonchev–Trinajstić information content (AvgIpc) is 3.48. The van der Waals surface area contributed by atoms with E-state index in [2.05, 4.69) is 37.8 Å². The van der Waals surface area contributed by atoms with Gasteiger partial charge in [-0.1, -0.05) is 18.2 Å². The van der Waals surface area contributed by atoms with Crippen LogP contribution in [0.3, 0.4) is 0 Å². The highest BCUT2D eigenvalue weighted by atomic mass is 32.2. The van der Waals surface area contributed by atoms with Crippen LogP contribution in [-0.2, 0) is 15.8 Å². The van der Waals surface area contributed by atoms with E-state index in [0.29, 0.717) is 26.3 Å². The minimum Gasteiger partial charge on any atom is -0.771 e. The fourth-order valence-electron chi connectivity index (χ4n) is 5.03. The van der Waals surface area contributed by atoms with Crippen molar-refractivity contribution < 1.29 is 13.5 Å². The smallest absolute Gasteiger partial charge is 0.181 e. The van der Waals surface area contributed by atoms with Gasteiger partial charge in [-0.25, -0.2) is 9.97 Å². The van der Waals surface area contributed by atoms with Crippen molar-refractivity contribution in [1.82, 2.24) is 29.5 Å². The van der Waals surface area contributed by atoms with Gasteiger partial charge in [0.05, 0.1) is 47.9 Å². The number of hydrogen-bond donors (Lipinski definition) is 1. The number of H-pyrrole nitrogens is 1. The first-order valence-electron chi connectivity index (χ1n) is 11.7. The highest BCUT2D eigenvalue weighted by Crippen LogP contribution is 2.34. The Bertz CT molecular complexity index is 1450. The molecule has 3 aromatic heterocycles. The molecule has 0 aliphatic carbocycles. The summed E-state index contributed by atoms with van der Waals surface area (Å²) in [6.45, 7) is 6.14. The van der Waals surface area contributed by atoms with Crippen molar-refractivity contribution in [1.29, 1.82) is 0 Å². The Morgan fingerprint density at radius 3 is 2.83 bits per heavy atom. The summed E-state index contributed by atoms with van der Waals surface area (Å²) in [5, 5.41) is 8.29. The van der Waals surface area contributed by atoms with E-state index >= 15 is 0 Å². The molecule has 1 fully saturated rings. The summed E-state index contributed by atoms with van der Waals surface area (Å²) in [4.78, 5) is 14.3. The molecule has 2 aliphatic heterocycles. The Balaban J connectivity index is 1.52. The van der Waals surface area contributed by atoms with Gasteiger partial charge in [-0.05, 0) is 36.1 Å². The SMILES string of the molecule is Cc1nc2c(N3CCOCC3)nc(-c3cccc4[nH]ncc34)cn2c1C1=CCN(CS(=O)[O-])CC1. The van der Waals surface area contributed by atoms with Gasteiger partial charge < -0.3 is 14.2 Å². The number of hydrogen-bond acceptors (Lipinski definition) is 8. The van der Waals surface area contributed by atoms with Crippen LogP contribution in [0, 0.1) is 6.92 Å². The maximum absolute atomic E-state index is 11.1. The van der Waals surface area contributed by atoms with Crippen LogP contribution in [0.2, 0.25) is 0 Å². The second-order valence-corrected chi connectivity index (χ2v) is 9.78. The molecule has 0 bridgehead atoms. The first-order valence-corrected chi connectivity index (χ1v) is 13.0. The topological polar surface area (TPSA) is 115 Å². The van der Waals surface area contributed by atoms with Gasteiger partial charge in [0.2, 0.25) is 0 Å². The van der Waals surface area contributed by atoms with Crippen LogP contribution in [0.1, 0.15) is 17.8 Å². The standard InChI is InChI=1S/C24H27N7O3S/c1-16-22(17-5-7-29(8-6-17)15-35(32)33)31-14-21(18-3-2-4-20-19(18)13-25-28-20)27-23(24(31)26-16)30-9-11-34-12-10-30/h2-5,13-14H,6-12,15H2,1H3,(H,25,28)(H,32,33)/p-1. The lowest BCUT2D eigenvalue weighted by Gasteiger charge is -2.29. The normalized spacial score (nSPS) is 18.3. The Labute approximate surface area is 204 Å². The Morgan fingerprint density at radius 2 is 2.06 bits per heavy atom. The van der Waals surface area contributed by atoms with Crippen LogP contribution in [0.25, 0.3) is 33.4 Å². The quantitative estimate of drug-likeness (QED) is 0.422. The predicted molar refractivity (Wildman–Crippen MR) is 134 cm³/mol. The van der Waals surface area contributed by atoms with Crippen molar-refractivity contribution in [3.05, 3.63) is 48.1 Å². The van der Waals surface area contributed by atoms with E-state index in [1.54, 1.807) is 0 Å². The number of aryl methyl sites for hydroxylation is 1. The third-order valence-electron chi connectivity index (χ3n) is 6.72. The van der Waals surface area contributed by atoms with Gasteiger partial charge >= 0.3 is 0 Å². The molecule has 1 atom stereocenters. The first-order chi connectivity index (χ1) is 17.1. The number of imidazole rings is 1. The highest BCUT2D eigenvalue weighted by molar-refractivity contribution is 7.79. The minimum absolute atomic E-state index is 0.0554. The number of aromatic nitrogens is 5. The number of nitrogens with one attached hydrogen (secondary N) is 1. The maximum Gasteiger partial charge on any atom is 0.181 e. The molecule has 2 aliphatic rings. The molecule has 0 amide bonds. The summed E-state index contributed by atoms with van der Waals surface area (Å²) in [7, 11) is 0. The molecule has 6 rings (SSSR count). The van der Waals surface area contributed by atoms with E-state index in [9.17, 15) is 8.76 Å². The minimum atomic E-state index is -2.08. The van der Waals surface area contributed by atoms with E-state index in [1.807, 2.05) is 30.2 Å². The van der Waals surface area contributed by atoms with E-state index in [1.165, 1.54) is 5.57 Å². The van der Waals surface area contributed by atoms with E-state index in [0.717, 1.165) is 64.5 Å². The number of benzene rings is 1. The fourth-order valence-corrected chi connectivity index (χ4v) is 5.57. The lowest BCUT2D eigenvalue weighted by molar-refractivity contribution is 0.122. The van der Waals surface area contributed by atoms with Gasteiger partial charge in [0.25, 0.3) is 0 Å². The van der Waals surface area contributed by atoms with Crippen LogP contribution >= 0.6 is 0 Å². The molecule has 1 saturated heterocycles. The van der Waals surface area contributed by atoms with Crippen molar-refractivity contribution in [2.45, 2.75) is 13.3 Å². The van der Waals surface area contributed by atoms with Crippen molar-refractivity contribution in [3.63, 3.8) is 0 Å². The van der Waals surface area contributed by atoms with Crippen LogP contribution in [-0.4, -0.2) is 83.5 Å². The Hall–Kier alpha value is -3.12. The number of ether oxygens (including phenoxy) is 1. The monoisotopic (exact) mass is 492 g/mol. The number of fused-ring (bicyclic) bond motifs is 2. The van der Waals surface area contributed by atoms with Crippen molar-refractivity contribution >= 4 is 39.0 Å². The predicted octanol–water partition coefficient (Wildman–Crippen LogP) is 2.34. The fraction of sp³-hybridized carbons (Fsp3) is 0.375. The Morgan fingerprint density at radius 1 is 1.20 bits per heavy atom. The summed E-state index contributed by atoms with van der Waals surface area (Å²) in [5.41, 5.74) is 6.81. The molecule has 1 aromatic carbocycles. The maximum atomic E-state index is 11.1. The van der Waals surface area contributed by atoms with Crippen LogP contribution < -0.4 is 4.90 Å². The van der Waals surface area contributed by atoms with Gasteiger partial charge in [-0.15, -0.1) is 0 Å². The highest BCUT2D eigenvalue weighted by Gasteiger charge is 2.24. The van der Waals surface area contributed by atoms with Crippen molar-refractivity contribution in [3.8, 4) is 11.3 Å². The second kappa shape index (κ2) is 9.15. The average molecular weight is 493 g/mol. The van der Waals surface area contributed by atoms with Crippen molar-refractivity contribution in [2.75, 3.05) is 50.2 Å². The van der Waals surface area contributed by atoms with Gasteiger partial charge in [0, 0.05) is 43.3 Å². The zero-order valence-electron chi connectivity index (χ0n) is 19.4. The zero-order valence-corrected chi connectivity index (χ0v) is 20.3. The third kappa shape index (κ3) is 4.14. The summed E-state index contributed by atoms with van der Waals surface area (Å²) in [5.74, 6) is 0.903. The van der Waals surface area contributed by atoms with E-state index in [4.69, 9.17) is 14.7 Å². The molecule has 5 heterocycles. The van der Waals surface area contributed by atoms with Gasteiger partial charge in [-0.2, -0.15) is 5.10 Å². The Kier molecular flexibility index (Phi) is 5.85. The second-order valence-electron chi connectivity index (χ2n) is 8.91. The molecule has 10 nitrogen and oxygen atoms in total. The molecule has 0 radical (unpaired) electrons. The van der Waals surface area contributed by atoms with Crippen LogP contribution in [0.15, 0.2) is 36.7 Å². The number of nitrogens with zero attached hydrogens (tertiary/aromatic N) is 6. The molecular formula is C24H26N7O3S-. The lowest BCUT2D eigenvalue weighted by Crippen LogP contribution is -2.37. The molecular weight excluding hydrogens is 466 g/mol. The number of anilines is 1. The van der Waals surface area contributed by atoms with Gasteiger partial charge in [-0.3, -0.25) is 18.6 Å². The molecule has 1 unspecified atom stereocenters. The summed E-state index contributed by atoms with van der Waals surface area (Å²) >= 11 is -2.08. The van der Waals surface area contributed by atoms with Crippen LogP contribution in [0.4, 0.5) is 5.82 Å². The van der Waals surface area contributed by atoms with Gasteiger partial charge in [0.1, 0.15) is 0 Å². The summed E-state index contributed by atoms with van der Waals surface area (Å²) in [6, 6.07) is 6.08. The molecule has 182 valence electrons. The zero-order chi connectivity index (χ0) is 23.9. The lowest BCUT2D eigenvalue weighted by atomic mass is 10.0. The molecule has 1 N–H and O–H groups in total. The number of aromatic amines is 1. The van der Waals surface area contributed by atoms with E-state index < -0.39 is 11.1 Å². The molecule has 0 saturated carbocycles. The number of rotatable bonds is 5. The third-order valence-corrected chi connectivity index (χ3v) is 7.30. The first kappa shape index (κ1) is 22.4. The van der Waals surface area contributed by atoms with E-state index in [-0.39, 0.29) is 5.88 Å². The summed E-state index contributed by atoms with van der Waals surface area (Å²) in [6.07, 6.45) is 6.78. The van der Waals surface area contributed by atoms with Crippen LogP contribution in [0.5, 0.6) is 0 Å². The molecule has 4 aromatic rings. The molecule has 11 heteroatoms. The molecule has 0 spiro atoms. The van der Waals surface area contributed by atoms with Gasteiger partial charge in [0.15, 0.2) is 11.5 Å².